The first kappa shape index (κ1) is 20.1. The average Bonchev–Trinajstić information content (AvgIpc) is 3.12. The van der Waals surface area contributed by atoms with Crippen LogP contribution in [0.15, 0.2) is 42.6 Å². The number of aryl methyl sites for hydroxylation is 1. The molecule has 1 amide bonds. The van der Waals surface area contributed by atoms with E-state index in [1.807, 2.05) is 48.2 Å². The highest BCUT2D eigenvalue weighted by Gasteiger charge is 2.41. The molecule has 0 atom stereocenters. The van der Waals surface area contributed by atoms with E-state index in [2.05, 4.69) is 10.3 Å². The van der Waals surface area contributed by atoms with Gasteiger partial charge in [-0.2, -0.15) is 13.2 Å². The summed E-state index contributed by atoms with van der Waals surface area (Å²) in [6, 6.07) is 11.5. The van der Waals surface area contributed by atoms with Crippen LogP contribution < -0.4 is 16.0 Å². The molecule has 0 spiro atoms. The SMILES string of the molecule is Cc1cc(N2CCC(C(F)(F)F)CC2)ccc1Nc1ccc2[nH]cc(C(N)=O)c2c1. The van der Waals surface area contributed by atoms with Gasteiger partial charge in [0.15, 0.2) is 0 Å². The second kappa shape index (κ2) is 7.59. The number of benzene rings is 2. The minimum absolute atomic E-state index is 0.126. The van der Waals surface area contributed by atoms with E-state index in [0.717, 1.165) is 33.5 Å². The third-order valence-corrected chi connectivity index (χ3v) is 5.76. The normalized spacial score (nSPS) is 15.5. The molecular weight excluding hydrogens is 393 g/mol. The predicted octanol–water partition coefficient (Wildman–Crippen LogP) is 5.10. The summed E-state index contributed by atoms with van der Waals surface area (Å²) in [4.78, 5) is 16.6. The number of carbonyl (C=O) groups excluding carboxylic acids is 1. The summed E-state index contributed by atoms with van der Waals surface area (Å²) < 4.78 is 38.7. The molecule has 0 unspecified atom stereocenters. The molecule has 2 heterocycles. The van der Waals surface area contributed by atoms with Gasteiger partial charge in [-0.15, -0.1) is 0 Å². The maximum Gasteiger partial charge on any atom is 0.391 e. The molecule has 1 aliphatic heterocycles. The number of alkyl halides is 3. The van der Waals surface area contributed by atoms with Crippen LogP contribution in [-0.2, 0) is 0 Å². The lowest BCUT2D eigenvalue weighted by molar-refractivity contribution is -0.179. The number of H-pyrrole nitrogens is 1. The zero-order valence-corrected chi connectivity index (χ0v) is 16.5. The van der Waals surface area contributed by atoms with Crippen molar-refractivity contribution in [3.05, 3.63) is 53.7 Å². The number of anilines is 3. The molecule has 1 aliphatic rings. The van der Waals surface area contributed by atoms with Gasteiger partial charge in [0.05, 0.1) is 11.5 Å². The Hall–Kier alpha value is -3.16. The fraction of sp³-hybridized carbons (Fsp3) is 0.318. The van der Waals surface area contributed by atoms with E-state index in [-0.39, 0.29) is 12.8 Å². The van der Waals surface area contributed by atoms with Crippen molar-refractivity contribution < 1.29 is 18.0 Å². The first-order valence-corrected chi connectivity index (χ1v) is 9.82. The van der Waals surface area contributed by atoms with Crippen molar-refractivity contribution in [3.8, 4) is 0 Å². The van der Waals surface area contributed by atoms with Gasteiger partial charge in [0.2, 0.25) is 0 Å². The second-order valence-electron chi connectivity index (χ2n) is 7.75. The van der Waals surface area contributed by atoms with Crippen LogP contribution in [0.5, 0.6) is 0 Å². The Labute approximate surface area is 172 Å². The van der Waals surface area contributed by atoms with Crippen LogP contribution in [0.1, 0.15) is 28.8 Å². The summed E-state index contributed by atoms with van der Waals surface area (Å²) in [6.07, 6.45) is -2.26. The summed E-state index contributed by atoms with van der Waals surface area (Å²) in [7, 11) is 0. The number of amides is 1. The summed E-state index contributed by atoms with van der Waals surface area (Å²) in [6.45, 7) is 2.75. The van der Waals surface area contributed by atoms with Gasteiger partial charge < -0.3 is 20.9 Å². The van der Waals surface area contributed by atoms with Crippen LogP contribution in [0, 0.1) is 12.8 Å². The minimum atomic E-state index is -4.11. The van der Waals surface area contributed by atoms with Gasteiger partial charge in [0.25, 0.3) is 5.91 Å². The number of aromatic nitrogens is 1. The highest BCUT2D eigenvalue weighted by atomic mass is 19.4. The van der Waals surface area contributed by atoms with Crippen LogP contribution in [-0.4, -0.2) is 30.2 Å². The van der Waals surface area contributed by atoms with Crippen molar-refractivity contribution in [2.45, 2.75) is 25.9 Å². The van der Waals surface area contributed by atoms with E-state index in [9.17, 15) is 18.0 Å². The molecule has 4 rings (SSSR count). The van der Waals surface area contributed by atoms with Gasteiger partial charge in [0, 0.05) is 47.3 Å². The standard InChI is InChI=1S/C22H23F3N4O/c1-13-10-16(29-8-6-14(7-9-29)22(23,24)25)3-5-19(13)28-15-2-4-20-17(11-15)18(12-27-20)21(26)30/h2-5,10-12,14,27-28H,6-9H2,1H3,(H2,26,30). The number of nitrogens with two attached hydrogens (primary N) is 1. The zero-order valence-electron chi connectivity index (χ0n) is 16.5. The van der Waals surface area contributed by atoms with Crippen molar-refractivity contribution >= 4 is 33.9 Å². The maximum absolute atomic E-state index is 12.9. The number of carbonyl (C=O) groups is 1. The number of nitrogens with zero attached hydrogens (tertiary/aromatic N) is 1. The lowest BCUT2D eigenvalue weighted by atomic mass is 9.96. The van der Waals surface area contributed by atoms with Crippen LogP contribution in [0.3, 0.4) is 0 Å². The molecule has 1 saturated heterocycles. The molecule has 3 aromatic rings. The predicted molar refractivity (Wildman–Crippen MR) is 112 cm³/mol. The molecule has 158 valence electrons. The summed E-state index contributed by atoms with van der Waals surface area (Å²) in [5.74, 6) is -1.70. The number of rotatable bonds is 4. The highest BCUT2D eigenvalue weighted by Crippen LogP contribution is 2.36. The minimum Gasteiger partial charge on any atom is -0.371 e. The highest BCUT2D eigenvalue weighted by molar-refractivity contribution is 6.06. The number of fused-ring (bicyclic) bond motifs is 1. The van der Waals surface area contributed by atoms with Crippen LogP contribution in [0.4, 0.5) is 30.2 Å². The molecule has 5 nitrogen and oxygen atoms in total. The quantitative estimate of drug-likeness (QED) is 0.554. The van der Waals surface area contributed by atoms with Gasteiger partial charge in [0.1, 0.15) is 0 Å². The summed E-state index contributed by atoms with van der Waals surface area (Å²) in [5, 5.41) is 4.09. The monoisotopic (exact) mass is 416 g/mol. The summed E-state index contributed by atoms with van der Waals surface area (Å²) in [5.41, 5.74) is 10.3. The van der Waals surface area contributed by atoms with E-state index in [4.69, 9.17) is 5.73 Å². The Bertz CT molecular complexity index is 1080. The summed E-state index contributed by atoms with van der Waals surface area (Å²) >= 11 is 0. The average molecular weight is 416 g/mol. The first-order chi connectivity index (χ1) is 14.2. The zero-order chi connectivity index (χ0) is 21.5. The molecule has 1 aromatic heterocycles. The number of halogens is 3. The van der Waals surface area contributed by atoms with Crippen molar-refractivity contribution in [2.75, 3.05) is 23.3 Å². The fourth-order valence-electron chi connectivity index (χ4n) is 4.01. The van der Waals surface area contributed by atoms with E-state index in [1.54, 1.807) is 6.20 Å². The number of aromatic amines is 1. The lowest BCUT2D eigenvalue weighted by Gasteiger charge is -2.34. The molecule has 0 aliphatic carbocycles. The molecule has 4 N–H and O–H groups in total. The molecule has 1 fully saturated rings. The molecule has 30 heavy (non-hydrogen) atoms. The number of piperidine rings is 1. The first-order valence-electron chi connectivity index (χ1n) is 9.82. The Morgan fingerprint density at radius 3 is 2.53 bits per heavy atom. The maximum atomic E-state index is 12.9. The fourth-order valence-corrected chi connectivity index (χ4v) is 4.01. The Kier molecular flexibility index (Phi) is 5.09. The lowest BCUT2D eigenvalue weighted by Crippen LogP contribution is -2.39. The van der Waals surface area contributed by atoms with E-state index < -0.39 is 18.0 Å². The molecule has 8 heteroatoms. The molecule has 2 aromatic carbocycles. The molecule has 0 saturated carbocycles. The second-order valence-corrected chi connectivity index (χ2v) is 7.75. The Morgan fingerprint density at radius 1 is 1.17 bits per heavy atom. The van der Waals surface area contributed by atoms with E-state index in [0.29, 0.717) is 18.7 Å². The van der Waals surface area contributed by atoms with Crippen molar-refractivity contribution in [1.82, 2.24) is 4.98 Å². The van der Waals surface area contributed by atoms with Crippen molar-refractivity contribution in [2.24, 2.45) is 11.7 Å². The van der Waals surface area contributed by atoms with Crippen molar-refractivity contribution in [1.29, 1.82) is 0 Å². The van der Waals surface area contributed by atoms with Gasteiger partial charge in [-0.1, -0.05) is 0 Å². The molecule has 0 bridgehead atoms. The number of nitrogens with one attached hydrogen (secondary N) is 2. The largest absolute Gasteiger partial charge is 0.391 e. The van der Waals surface area contributed by atoms with E-state index in [1.165, 1.54) is 0 Å². The van der Waals surface area contributed by atoms with Gasteiger partial charge >= 0.3 is 6.18 Å². The van der Waals surface area contributed by atoms with Crippen LogP contribution in [0.2, 0.25) is 0 Å². The Morgan fingerprint density at radius 2 is 1.90 bits per heavy atom. The van der Waals surface area contributed by atoms with Gasteiger partial charge in [-0.05, 0) is 61.7 Å². The van der Waals surface area contributed by atoms with E-state index >= 15 is 0 Å². The van der Waals surface area contributed by atoms with Gasteiger partial charge in [-0.25, -0.2) is 0 Å². The molecule has 0 radical (unpaired) electrons. The van der Waals surface area contributed by atoms with Gasteiger partial charge in [-0.3, -0.25) is 4.79 Å². The number of hydrogen-bond donors (Lipinski definition) is 3. The number of primary amides is 1. The third-order valence-electron chi connectivity index (χ3n) is 5.76. The smallest absolute Gasteiger partial charge is 0.371 e. The van der Waals surface area contributed by atoms with Crippen LogP contribution >= 0.6 is 0 Å². The van der Waals surface area contributed by atoms with Crippen LogP contribution in [0.25, 0.3) is 10.9 Å². The molecular formula is C22H23F3N4O. The third kappa shape index (κ3) is 3.94. The van der Waals surface area contributed by atoms with Crippen molar-refractivity contribution in [3.63, 3.8) is 0 Å². The number of hydrogen-bond acceptors (Lipinski definition) is 3. The topological polar surface area (TPSA) is 74.2 Å². The Balaban J connectivity index is 1.50.